The van der Waals surface area contributed by atoms with E-state index in [1.807, 2.05) is 6.92 Å². The van der Waals surface area contributed by atoms with Crippen molar-refractivity contribution in [1.29, 1.82) is 0 Å². The Bertz CT molecular complexity index is 414. The van der Waals surface area contributed by atoms with Gasteiger partial charge < -0.3 is 19.8 Å². The normalized spacial score (nSPS) is 10.1. The second-order valence-electron chi connectivity index (χ2n) is 3.64. The van der Waals surface area contributed by atoms with Gasteiger partial charge in [-0.05, 0) is 19.9 Å². The van der Waals surface area contributed by atoms with E-state index in [-0.39, 0.29) is 29.9 Å². The van der Waals surface area contributed by atoms with E-state index >= 15 is 0 Å². The average molecular weight is 254 g/mol. The van der Waals surface area contributed by atoms with Crippen LogP contribution >= 0.6 is 0 Å². The lowest BCUT2D eigenvalue weighted by molar-refractivity contribution is -0.143. The van der Waals surface area contributed by atoms with Gasteiger partial charge in [0.25, 0.3) is 5.91 Å². The van der Waals surface area contributed by atoms with Crippen molar-refractivity contribution in [2.24, 2.45) is 0 Å². The number of furan rings is 1. The fourth-order valence-corrected chi connectivity index (χ4v) is 1.49. The van der Waals surface area contributed by atoms with Crippen molar-refractivity contribution in [3.63, 3.8) is 0 Å². The fourth-order valence-electron chi connectivity index (χ4n) is 1.49. The third kappa shape index (κ3) is 3.80. The maximum Gasteiger partial charge on any atom is 0.307 e. The summed E-state index contributed by atoms with van der Waals surface area (Å²) >= 11 is 0. The van der Waals surface area contributed by atoms with Gasteiger partial charge in [0.1, 0.15) is 0 Å². The smallest absolute Gasteiger partial charge is 0.307 e. The number of esters is 1. The highest BCUT2D eigenvalue weighted by molar-refractivity contribution is 5.92. The maximum absolute atomic E-state index is 12.0. The topological polar surface area (TPSA) is 85.8 Å². The summed E-state index contributed by atoms with van der Waals surface area (Å²) in [5.74, 6) is -0.223. The predicted molar refractivity (Wildman–Crippen MR) is 65.9 cm³/mol. The van der Waals surface area contributed by atoms with Crippen LogP contribution in [0.3, 0.4) is 0 Å². The van der Waals surface area contributed by atoms with E-state index in [4.69, 9.17) is 14.9 Å². The molecule has 0 spiro atoms. The second-order valence-corrected chi connectivity index (χ2v) is 3.64. The van der Waals surface area contributed by atoms with Gasteiger partial charge in [0, 0.05) is 19.2 Å². The largest absolute Gasteiger partial charge is 0.466 e. The van der Waals surface area contributed by atoms with Crippen molar-refractivity contribution >= 4 is 17.8 Å². The Kier molecular flexibility index (Phi) is 5.23. The Morgan fingerprint density at radius 2 is 2.11 bits per heavy atom. The molecule has 1 aromatic heterocycles. The molecule has 2 N–H and O–H groups in total. The number of ether oxygens (including phenoxy) is 1. The number of carbonyl (C=O) groups is 2. The SMILES string of the molecule is CCOC(=O)CCN(CC)C(=O)c1ccc(N)o1. The minimum atomic E-state index is -0.317. The van der Waals surface area contributed by atoms with Crippen LogP contribution in [-0.2, 0) is 9.53 Å². The predicted octanol–water partition coefficient (Wildman–Crippen LogP) is 1.28. The summed E-state index contributed by atoms with van der Waals surface area (Å²) in [5, 5.41) is 0. The van der Waals surface area contributed by atoms with E-state index in [2.05, 4.69) is 0 Å². The molecule has 0 fully saturated rings. The van der Waals surface area contributed by atoms with Crippen LogP contribution in [0.4, 0.5) is 5.88 Å². The highest BCUT2D eigenvalue weighted by Gasteiger charge is 2.18. The van der Waals surface area contributed by atoms with E-state index < -0.39 is 0 Å². The molecule has 0 atom stereocenters. The van der Waals surface area contributed by atoms with Crippen LogP contribution in [0.2, 0.25) is 0 Å². The van der Waals surface area contributed by atoms with E-state index in [0.29, 0.717) is 19.7 Å². The summed E-state index contributed by atoms with van der Waals surface area (Å²) in [4.78, 5) is 24.7. The Morgan fingerprint density at radius 3 is 2.61 bits per heavy atom. The lowest BCUT2D eigenvalue weighted by atomic mass is 10.3. The highest BCUT2D eigenvalue weighted by atomic mass is 16.5. The monoisotopic (exact) mass is 254 g/mol. The van der Waals surface area contributed by atoms with Crippen LogP contribution in [0, 0.1) is 0 Å². The van der Waals surface area contributed by atoms with Crippen LogP contribution in [0.5, 0.6) is 0 Å². The standard InChI is InChI=1S/C12H18N2O4/c1-3-14(8-7-11(15)17-4-2)12(16)9-5-6-10(13)18-9/h5-6H,3-4,7-8,13H2,1-2H3. The van der Waals surface area contributed by atoms with Crippen LogP contribution in [-0.4, -0.2) is 36.5 Å². The van der Waals surface area contributed by atoms with Crippen molar-refractivity contribution in [3.8, 4) is 0 Å². The molecule has 0 aliphatic rings. The van der Waals surface area contributed by atoms with E-state index in [1.54, 1.807) is 6.92 Å². The second kappa shape index (κ2) is 6.68. The first-order chi connectivity index (χ1) is 8.58. The Labute approximate surface area is 106 Å². The van der Waals surface area contributed by atoms with E-state index in [1.165, 1.54) is 17.0 Å². The number of anilines is 1. The highest BCUT2D eigenvalue weighted by Crippen LogP contribution is 2.12. The summed E-state index contributed by atoms with van der Waals surface area (Å²) in [6.45, 7) is 4.70. The van der Waals surface area contributed by atoms with Gasteiger partial charge in [-0.3, -0.25) is 9.59 Å². The quantitative estimate of drug-likeness (QED) is 0.773. The van der Waals surface area contributed by atoms with Gasteiger partial charge in [-0.2, -0.15) is 0 Å². The third-order valence-corrected chi connectivity index (χ3v) is 2.40. The molecule has 6 heteroatoms. The Hall–Kier alpha value is -1.98. The molecule has 0 aromatic carbocycles. The molecular weight excluding hydrogens is 236 g/mol. The van der Waals surface area contributed by atoms with Crippen LogP contribution in [0.15, 0.2) is 16.5 Å². The molecule has 0 saturated heterocycles. The molecule has 6 nitrogen and oxygen atoms in total. The summed E-state index contributed by atoms with van der Waals surface area (Å²) in [6, 6.07) is 3.04. The van der Waals surface area contributed by atoms with Crippen molar-refractivity contribution in [2.75, 3.05) is 25.4 Å². The van der Waals surface area contributed by atoms with Gasteiger partial charge in [-0.15, -0.1) is 0 Å². The fraction of sp³-hybridized carbons (Fsp3) is 0.500. The first-order valence-electron chi connectivity index (χ1n) is 5.88. The molecule has 1 rings (SSSR count). The van der Waals surface area contributed by atoms with Crippen molar-refractivity contribution in [2.45, 2.75) is 20.3 Å². The van der Waals surface area contributed by atoms with Gasteiger partial charge in [-0.1, -0.05) is 0 Å². The van der Waals surface area contributed by atoms with E-state index in [9.17, 15) is 9.59 Å². The van der Waals surface area contributed by atoms with Gasteiger partial charge in [0.2, 0.25) is 0 Å². The number of nitrogen functional groups attached to an aromatic ring is 1. The summed E-state index contributed by atoms with van der Waals surface area (Å²) in [6.07, 6.45) is 0.170. The van der Waals surface area contributed by atoms with Gasteiger partial charge >= 0.3 is 5.97 Å². The third-order valence-electron chi connectivity index (χ3n) is 2.40. The minimum Gasteiger partial charge on any atom is -0.466 e. The zero-order valence-corrected chi connectivity index (χ0v) is 10.6. The molecule has 0 aliphatic heterocycles. The lowest BCUT2D eigenvalue weighted by Gasteiger charge is -2.18. The number of nitrogens with two attached hydrogens (primary N) is 1. The average Bonchev–Trinajstić information content (AvgIpc) is 2.76. The number of carbonyl (C=O) groups excluding carboxylic acids is 2. The first kappa shape index (κ1) is 14.1. The Balaban J connectivity index is 2.55. The number of rotatable bonds is 6. The zero-order chi connectivity index (χ0) is 13.5. The molecule has 0 aliphatic carbocycles. The molecule has 0 radical (unpaired) electrons. The molecule has 0 bridgehead atoms. The molecule has 1 amide bonds. The van der Waals surface area contributed by atoms with Crippen molar-refractivity contribution in [3.05, 3.63) is 17.9 Å². The van der Waals surface area contributed by atoms with E-state index in [0.717, 1.165) is 0 Å². The Morgan fingerprint density at radius 1 is 1.39 bits per heavy atom. The number of hydrogen-bond acceptors (Lipinski definition) is 5. The molecule has 0 saturated carbocycles. The number of nitrogens with zero attached hydrogens (tertiary/aromatic N) is 1. The minimum absolute atomic E-state index is 0.170. The van der Waals surface area contributed by atoms with Gasteiger partial charge in [-0.25, -0.2) is 0 Å². The summed E-state index contributed by atoms with van der Waals surface area (Å²) in [5.41, 5.74) is 5.41. The zero-order valence-electron chi connectivity index (χ0n) is 10.6. The summed E-state index contributed by atoms with van der Waals surface area (Å²) < 4.78 is 9.86. The first-order valence-corrected chi connectivity index (χ1v) is 5.88. The number of hydrogen-bond donors (Lipinski definition) is 1. The van der Waals surface area contributed by atoms with Crippen molar-refractivity contribution < 1.29 is 18.7 Å². The van der Waals surface area contributed by atoms with Crippen LogP contribution < -0.4 is 5.73 Å². The molecule has 1 aromatic rings. The summed E-state index contributed by atoms with van der Waals surface area (Å²) in [7, 11) is 0. The van der Waals surface area contributed by atoms with Crippen LogP contribution in [0.25, 0.3) is 0 Å². The molecule has 1 heterocycles. The van der Waals surface area contributed by atoms with Crippen molar-refractivity contribution in [1.82, 2.24) is 4.90 Å². The van der Waals surface area contributed by atoms with Gasteiger partial charge in [0.05, 0.1) is 13.0 Å². The van der Waals surface area contributed by atoms with Crippen LogP contribution in [0.1, 0.15) is 30.8 Å². The molecule has 0 unspecified atom stereocenters. The lowest BCUT2D eigenvalue weighted by Crippen LogP contribution is -2.32. The van der Waals surface area contributed by atoms with Gasteiger partial charge in [0.15, 0.2) is 11.6 Å². The molecule has 100 valence electrons. The molecule has 18 heavy (non-hydrogen) atoms. The number of amides is 1. The maximum atomic E-state index is 12.0. The molecular formula is C12H18N2O4.